The van der Waals surface area contributed by atoms with Gasteiger partial charge in [-0.2, -0.15) is 0 Å². The maximum absolute atomic E-state index is 12.5. The normalized spacial score (nSPS) is 22.3. The van der Waals surface area contributed by atoms with Gasteiger partial charge in [0.25, 0.3) is 5.91 Å². The Labute approximate surface area is 254 Å². The van der Waals surface area contributed by atoms with Crippen LogP contribution in [0.4, 0.5) is 0 Å². The van der Waals surface area contributed by atoms with Crippen molar-refractivity contribution in [1.29, 1.82) is 16.2 Å². The summed E-state index contributed by atoms with van der Waals surface area (Å²) in [6, 6.07) is -0.159. The molecule has 236 valence electrons. The van der Waals surface area contributed by atoms with Gasteiger partial charge < -0.3 is 26.4 Å². The molecule has 0 bridgehead atoms. The second-order valence-electron chi connectivity index (χ2n) is 11.9. The van der Waals surface area contributed by atoms with Gasteiger partial charge in [-0.25, -0.2) is 4.98 Å². The van der Waals surface area contributed by atoms with E-state index in [2.05, 4.69) is 41.4 Å². The molecule has 9 nitrogen and oxygen atoms in total. The summed E-state index contributed by atoms with van der Waals surface area (Å²) in [6.07, 6.45) is 12.9. The monoisotopic (exact) mass is 583 g/mol. The highest BCUT2D eigenvalue weighted by molar-refractivity contribution is 6.65. The molecule has 1 aliphatic heterocycles. The summed E-state index contributed by atoms with van der Waals surface area (Å²) in [4.78, 5) is 30.5. The van der Waals surface area contributed by atoms with Crippen molar-refractivity contribution in [3.05, 3.63) is 29.4 Å². The predicted molar refractivity (Wildman–Crippen MR) is 174 cm³/mol. The van der Waals surface area contributed by atoms with Gasteiger partial charge >= 0.3 is 0 Å². The van der Waals surface area contributed by atoms with Gasteiger partial charge in [-0.3, -0.25) is 15.0 Å². The maximum Gasteiger partial charge on any atom is 0.271 e. The number of hydrogen-bond acceptors (Lipinski definition) is 6. The quantitative estimate of drug-likeness (QED) is 0.181. The molecule has 4 rings (SSSR count). The van der Waals surface area contributed by atoms with Crippen molar-refractivity contribution in [1.82, 2.24) is 20.6 Å². The number of carbonyl (C=O) groups excluding carboxylic acids is 2. The van der Waals surface area contributed by atoms with Crippen molar-refractivity contribution in [3.8, 4) is 0 Å². The molecule has 4 atom stereocenters. The van der Waals surface area contributed by atoms with Crippen molar-refractivity contribution < 1.29 is 9.59 Å². The molecule has 4 unspecified atom stereocenters. The van der Waals surface area contributed by atoms with E-state index < -0.39 is 5.91 Å². The summed E-state index contributed by atoms with van der Waals surface area (Å²) in [5.41, 5.74) is 2.83. The van der Waals surface area contributed by atoms with Crippen molar-refractivity contribution >= 4 is 28.9 Å². The molecule has 0 spiro atoms. The van der Waals surface area contributed by atoms with E-state index in [1.54, 1.807) is 13.1 Å². The second-order valence-corrected chi connectivity index (χ2v) is 11.9. The second kappa shape index (κ2) is 19.2. The molecule has 42 heavy (non-hydrogen) atoms. The Kier molecular flexibility index (Phi) is 16.8. The zero-order valence-corrected chi connectivity index (χ0v) is 27.4. The number of hydrogen-bond donors (Lipinski definition) is 6. The number of nitrogens with one attached hydrogen (secondary N) is 6. The fourth-order valence-electron chi connectivity index (χ4n) is 5.07. The lowest BCUT2D eigenvalue weighted by Gasteiger charge is -2.33. The van der Waals surface area contributed by atoms with E-state index in [-0.39, 0.29) is 29.3 Å². The van der Waals surface area contributed by atoms with Gasteiger partial charge in [0.15, 0.2) is 0 Å². The van der Waals surface area contributed by atoms with Crippen molar-refractivity contribution in [3.63, 3.8) is 0 Å². The summed E-state index contributed by atoms with van der Waals surface area (Å²) in [5, 5.41) is 28.9. The standard InChI is InChI=1S/C18H27N5O.C7H13N.C6H11NO.C2H6/c1-10-4-3-5-13(8-10)17(14-9-21-11(2)22-14)23-18(24)16(20)15(19)12-6-7-12;1-4-6(2)5-7(3)8;1-5-2-3-6(8)7-4-5;1-2/h9-10,12-13,17,19-20H,3-8H2,1-2H3,(H,21,22)(H,23,24);5,8H,4H2,1-3H3;5H,2-4H2,1H3,(H,7,8);1-2H3. The molecule has 1 aromatic heterocycles. The van der Waals surface area contributed by atoms with Crippen LogP contribution in [0.5, 0.6) is 0 Å². The highest BCUT2D eigenvalue weighted by Crippen LogP contribution is 2.37. The number of aromatic amines is 1. The molecule has 0 aromatic carbocycles. The number of aromatic nitrogens is 2. The summed E-state index contributed by atoms with van der Waals surface area (Å²) >= 11 is 0. The third-order valence-electron chi connectivity index (χ3n) is 7.81. The molecule has 2 aliphatic carbocycles. The average molecular weight is 584 g/mol. The number of rotatable bonds is 8. The molecule has 2 heterocycles. The Bertz CT molecular complexity index is 1060. The van der Waals surface area contributed by atoms with E-state index in [1.807, 2.05) is 33.8 Å². The molecular formula is C33H57N7O2. The topological polar surface area (TPSA) is 158 Å². The zero-order chi connectivity index (χ0) is 31.8. The lowest BCUT2D eigenvalue weighted by atomic mass is 9.77. The lowest BCUT2D eigenvalue weighted by molar-refractivity contribution is -0.122. The number of amides is 2. The molecule has 6 N–H and O–H groups in total. The predicted octanol–water partition coefficient (Wildman–Crippen LogP) is 7.09. The molecule has 1 aromatic rings. The minimum absolute atomic E-state index is 0.116. The summed E-state index contributed by atoms with van der Waals surface area (Å²) in [7, 11) is 0. The van der Waals surface area contributed by atoms with E-state index in [0.717, 1.165) is 63.0 Å². The van der Waals surface area contributed by atoms with E-state index in [9.17, 15) is 9.59 Å². The fraction of sp³-hybridized carbons (Fsp3) is 0.697. The minimum Gasteiger partial charge on any atom is -0.356 e. The van der Waals surface area contributed by atoms with Gasteiger partial charge in [-0.1, -0.05) is 53.0 Å². The number of imidazole rings is 1. The van der Waals surface area contributed by atoms with Gasteiger partial charge in [-0.05, 0) is 83.1 Å². The molecule has 2 saturated carbocycles. The maximum atomic E-state index is 12.5. The van der Waals surface area contributed by atoms with E-state index in [4.69, 9.17) is 16.2 Å². The average Bonchev–Trinajstić information content (AvgIpc) is 3.73. The third kappa shape index (κ3) is 13.7. The van der Waals surface area contributed by atoms with E-state index in [1.165, 1.54) is 18.4 Å². The molecule has 2 amide bonds. The summed E-state index contributed by atoms with van der Waals surface area (Å²) in [5.74, 6) is 2.41. The van der Waals surface area contributed by atoms with Crippen LogP contribution in [0.25, 0.3) is 0 Å². The Balaban J connectivity index is 0.000000401. The number of allylic oxidation sites excluding steroid dienone is 2. The van der Waals surface area contributed by atoms with Crippen LogP contribution in [-0.4, -0.2) is 45.5 Å². The number of aryl methyl sites for hydroxylation is 1. The van der Waals surface area contributed by atoms with Crippen LogP contribution >= 0.6 is 0 Å². The third-order valence-corrected chi connectivity index (χ3v) is 7.81. The van der Waals surface area contributed by atoms with Crippen LogP contribution in [0.1, 0.15) is 124 Å². The highest BCUT2D eigenvalue weighted by Gasteiger charge is 2.35. The first kappa shape index (κ1) is 36.9. The van der Waals surface area contributed by atoms with Crippen LogP contribution in [0.15, 0.2) is 17.8 Å². The van der Waals surface area contributed by atoms with Gasteiger partial charge in [0.1, 0.15) is 11.5 Å². The Morgan fingerprint density at radius 1 is 1.10 bits per heavy atom. The molecular weight excluding hydrogens is 526 g/mol. The summed E-state index contributed by atoms with van der Waals surface area (Å²) in [6.45, 7) is 17.1. The summed E-state index contributed by atoms with van der Waals surface area (Å²) < 4.78 is 0. The van der Waals surface area contributed by atoms with Crippen LogP contribution in [-0.2, 0) is 9.59 Å². The number of carbonyl (C=O) groups is 2. The number of piperidine rings is 1. The number of nitrogens with zero attached hydrogens (tertiary/aromatic N) is 1. The van der Waals surface area contributed by atoms with Crippen LogP contribution in [0, 0.1) is 46.8 Å². The van der Waals surface area contributed by atoms with Crippen molar-refractivity contribution in [2.75, 3.05) is 6.54 Å². The van der Waals surface area contributed by atoms with E-state index in [0.29, 0.717) is 23.5 Å². The number of H-pyrrole nitrogens is 1. The molecule has 3 aliphatic rings. The van der Waals surface area contributed by atoms with Gasteiger partial charge in [0.2, 0.25) is 5.91 Å². The zero-order valence-electron chi connectivity index (χ0n) is 27.4. The van der Waals surface area contributed by atoms with Gasteiger partial charge in [0.05, 0.1) is 23.6 Å². The molecule has 1 saturated heterocycles. The van der Waals surface area contributed by atoms with Gasteiger partial charge in [-0.15, -0.1) is 0 Å². The highest BCUT2D eigenvalue weighted by atomic mass is 16.2. The van der Waals surface area contributed by atoms with Crippen molar-refractivity contribution in [2.45, 2.75) is 119 Å². The lowest BCUT2D eigenvalue weighted by Crippen LogP contribution is -2.41. The Morgan fingerprint density at radius 2 is 1.76 bits per heavy atom. The van der Waals surface area contributed by atoms with Crippen LogP contribution in [0.3, 0.4) is 0 Å². The minimum atomic E-state index is -0.428. The Hall–Kier alpha value is -3.10. The molecule has 0 radical (unpaired) electrons. The molecule has 9 heteroatoms. The first-order chi connectivity index (χ1) is 19.9. The van der Waals surface area contributed by atoms with Gasteiger partial charge in [0, 0.05) is 24.6 Å². The fourth-order valence-corrected chi connectivity index (χ4v) is 5.07. The van der Waals surface area contributed by atoms with Crippen LogP contribution in [0.2, 0.25) is 0 Å². The Morgan fingerprint density at radius 3 is 2.19 bits per heavy atom. The van der Waals surface area contributed by atoms with Crippen molar-refractivity contribution in [2.24, 2.45) is 23.7 Å². The first-order valence-corrected chi connectivity index (χ1v) is 15.9. The largest absolute Gasteiger partial charge is 0.356 e. The SMILES string of the molecule is CC.CC1CCC(=O)NC1.CCC(C)=CC(C)=N.Cc1ncc(C(NC(=O)C(=N)C(=N)C2CC2)C2CCCC(C)C2)[nH]1. The molecule has 3 fully saturated rings. The van der Waals surface area contributed by atoms with E-state index >= 15 is 0 Å². The first-order valence-electron chi connectivity index (χ1n) is 15.9. The van der Waals surface area contributed by atoms with Crippen LogP contribution < -0.4 is 10.6 Å². The smallest absolute Gasteiger partial charge is 0.271 e.